The zero-order chi connectivity index (χ0) is 11.0. The van der Waals surface area contributed by atoms with E-state index in [1.54, 1.807) is 0 Å². The molecule has 0 radical (unpaired) electrons. The molecule has 16 heavy (non-hydrogen) atoms. The summed E-state index contributed by atoms with van der Waals surface area (Å²) < 4.78 is 0. The van der Waals surface area contributed by atoms with E-state index in [9.17, 15) is 0 Å². The first-order valence-electron chi connectivity index (χ1n) is 5.75. The van der Waals surface area contributed by atoms with Crippen LogP contribution in [0.3, 0.4) is 0 Å². The minimum absolute atomic E-state index is 0.211. The van der Waals surface area contributed by atoms with Gasteiger partial charge in [0, 0.05) is 17.1 Å². The monoisotopic (exact) mass is 213 g/mol. The number of nitrogens with zero attached hydrogens (tertiary/aromatic N) is 2. The van der Waals surface area contributed by atoms with Gasteiger partial charge in [-0.3, -0.25) is 0 Å². The number of fused-ring (bicyclic) bond motifs is 1. The molecule has 1 N–H and O–H groups in total. The molecule has 3 rings (SSSR count). The van der Waals surface area contributed by atoms with E-state index in [-0.39, 0.29) is 5.54 Å². The molecule has 0 aliphatic heterocycles. The average Bonchev–Trinajstić information content (AvgIpc) is 2.27. The third kappa shape index (κ3) is 1.62. The van der Waals surface area contributed by atoms with Crippen molar-refractivity contribution in [1.29, 1.82) is 0 Å². The van der Waals surface area contributed by atoms with E-state index in [1.807, 2.05) is 30.5 Å². The Morgan fingerprint density at radius 1 is 1.25 bits per heavy atom. The Bertz CT molecular complexity index is 517. The second-order valence-corrected chi connectivity index (χ2v) is 4.79. The predicted octanol–water partition coefficient (Wildman–Crippen LogP) is 2.98. The van der Waals surface area contributed by atoms with Gasteiger partial charge in [0.05, 0.1) is 5.52 Å². The lowest BCUT2D eigenvalue weighted by Gasteiger charge is -2.39. The van der Waals surface area contributed by atoms with Crippen molar-refractivity contribution < 1.29 is 0 Å². The third-order valence-electron chi connectivity index (χ3n) is 3.36. The van der Waals surface area contributed by atoms with E-state index in [2.05, 4.69) is 22.2 Å². The second-order valence-electron chi connectivity index (χ2n) is 4.79. The summed E-state index contributed by atoms with van der Waals surface area (Å²) in [5.74, 6) is 0.751. The second kappa shape index (κ2) is 3.44. The van der Waals surface area contributed by atoms with Crippen LogP contribution in [-0.2, 0) is 0 Å². The van der Waals surface area contributed by atoms with Crippen LogP contribution >= 0.6 is 0 Å². The highest BCUT2D eigenvalue weighted by Crippen LogP contribution is 2.33. The van der Waals surface area contributed by atoms with Crippen LogP contribution in [0.2, 0.25) is 0 Å². The minimum atomic E-state index is 0.211. The molecule has 1 heterocycles. The normalized spacial score (nSPS) is 18.1. The summed E-state index contributed by atoms with van der Waals surface area (Å²) in [5, 5.41) is 4.51. The van der Waals surface area contributed by atoms with Crippen molar-refractivity contribution in [2.24, 2.45) is 0 Å². The molecule has 1 saturated carbocycles. The molecule has 2 aromatic rings. The van der Waals surface area contributed by atoms with Gasteiger partial charge in [-0.05, 0) is 32.3 Å². The molecule has 0 atom stereocenters. The smallest absolute Gasteiger partial charge is 0.223 e. The topological polar surface area (TPSA) is 37.8 Å². The van der Waals surface area contributed by atoms with Crippen molar-refractivity contribution in [3.8, 4) is 0 Å². The largest absolute Gasteiger partial charge is 0.349 e. The standard InChI is InChI=1S/C13H15N3/c1-13(7-4-8-13)16-12-14-9-10-5-2-3-6-11(10)15-12/h2-3,5-6,9H,4,7-8H2,1H3,(H,14,15,16). The first-order valence-corrected chi connectivity index (χ1v) is 5.75. The molecule has 0 amide bonds. The zero-order valence-electron chi connectivity index (χ0n) is 9.40. The molecule has 0 saturated heterocycles. The van der Waals surface area contributed by atoms with Crippen molar-refractivity contribution >= 4 is 16.9 Å². The molecule has 1 aromatic heterocycles. The maximum absolute atomic E-state index is 4.52. The van der Waals surface area contributed by atoms with Gasteiger partial charge in [-0.15, -0.1) is 0 Å². The molecule has 1 aliphatic carbocycles. The Morgan fingerprint density at radius 3 is 2.81 bits per heavy atom. The fraction of sp³-hybridized carbons (Fsp3) is 0.385. The van der Waals surface area contributed by atoms with Gasteiger partial charge in [0.2, 0.25) is 5.95 Å². The molecule has 82 valence electrons. The molecule has 3 nitrogen and oxygen atoms in total. The van der Waals surface area contributed by atoms with Gasteiger partial charge in [0.15, 0.2) is 0 Å². The highest BCUT2D eigenvalue weighted by molar-refractivity contribution is 5.78. The van der Waals surface area contributed by atoms with E-state index in [0.717, 1.165) is 16.9 Å². The molecule has 3 heteroatoms. The summed E-state index contributed by atoms with van der Waals surface area (Å²) in [6.07, 6.45) is 5.61. The van der Waals surface area contributed by atoms with Gasteiger partial charge in [-0.2, -0.15) is 0 Å². The Morgan fingerprint density at radius 2 is 2.06 bits per heavy atom. The van der Waals surface area contributed by atoms with Crippen LogP contribution in [0.5, 0.6) is 0 Å². The van der Waals surface area contributed by atoms with Crippen LogP contribution in [0.1, 0.15) is 26.2 Å². The Balaban J connectivity index is 1.93. The van der Waals surface area contributed by atoms with Crippen LogP contribution in [0, 0.1) is 0 Å². The lowest BCUT2D eigenvalue weighted by Crippen LogP contribution is -2.42. The van der Waals surface area contributed by atoms with E-state index < -0.39 is 0 Å². The van der Waals surface area contributed by atoms with Crippen molar-refractivity contribution in [2.75, 3.05) is 5.32 Å². The number of hydrogen-bond acceptors (Lipinski definition) is 3. The maximum atomic E-state index is 4.52. The van der Waals surface area contributed by atoms with Gasteiger partial charge in [0.25, 0.3) is 0 Å². The van der Waals surface area contributed by atoms with Gasteiger partial charge >= 0.3 is 0 Å². The maximum Gasteiger partial charge on any atom is 0.223 e. The Hall–Kier alpha value is -1.64. The van der Waals surface area contributed by atoms with E-state index in [1.165, 1.54) is 19.3 Å². The Labute approximate surface area is 94.9 Å². The summed E-state index contributed by atoms with van der Waals surface area (Å²) in [6, 6.07) is 8.06. The number of hydrogen-bond donors (Lipinski definition) is 1. The lowest BCUT2D eigenvalue weighted by atomic mass is 9.79. The molecule has 1 fully saturated rings. The first-order chi connectivity index (χ1) is 7.75. The van der Waals surface area contributed by atoms with Crippen LogP contribution in [0.25, 0.3) is 10.9 Å². The lowest BCUT2D eigenvalue weighted by molar-refractivity contribution is 0.305. The average molecular weight is 213 g/mol. The summed E-state index contributed by atoms with van der Waals surface area (Å²) >= 11 is 0. The fourth-order valence-corrected chi connectivity index (χ4v) is 2.13. The van der Waals surface area contributed by atoms with Crippen molar-refractivity contribution in [1.82, 2.24) is 9.97 Å². The number of benzene rings is 1. The number of anilines is 1. The molecule has 0 spiro atoms. The van der Waals surface area contributed by atoms with E-state index >= 15 is 0 Å². The number of nitrogens with one attached hydrogen (secondary N) is 1. The third-order valence-corrected chi connectivity index (χ3v) is 3.36. The van der Waals surface area contributed by atoms with Crippen LogP contribution in [0.4, 0.5) is 5.95 Å². The molecule has 0 unspecified atom stereocenters. The number of para-hydroxylation sites is 1. The molecule has 0 bridgehead atoms. The van der Waals surface area contributed by atoms with Gasteiger partial charge in [-0.25, -0.2) is 9.97 Å². The van der Waals surface area contributed by atoms with E-state index in [4.69, 9.17) is 0 Å². The fourth-order valence-electron chi connectivity index (χ4n) is 2.13. The Kier molecular flexibility index (Phi) is 2.06. The summed E-state index contributed by atoms with van der Waals surface area (Å²) in [6.45, 7) is 2.23. The molecular formula is C13H15N3. The minimum Gasteiger partial charge on any atom is -0.349 e. The van der Waals surface area contributed by atoms with E-state index in [0.29, 0.717) is 0 Å². The molecule has 1 aromatic carbocycles. The summed E-state index contributed by atoms with van der Waals surface area (Å²) in [4.78, 5) is 8.87. The van der Waals surface area contributed by atoms with Crippen molar-refractivity contribution in [3.63, 3.8) is 0 Å². The number of rotatable bonds is 2. The van der Waals surface area contributed by atoms with Crippen LogP contribution in [0.15, 0.2) is 30.5 Å². The predicted molar refractivity (Wildman–Crippen MR) is 65.4 cm³/mol. The number of aromatic nitrogens is 2. The summed E-state index contributed by atoms with van der Waals surface area (Å²) in [5.41, 5.74) is 1.21. The quantitative estimate of drug-likeness (QED) is 0.833. The van der Waals surface area contributed by atoms with Gasteiger partial charge in [0.1, 0.15) is 0 Å². The molecule has 1 aliphatic rings. The van der Waals surface area contributed by atoms with Gasteiger partial charge in [-0.1, -0.05) is 18.2 Å². The molecular weight excluding hydrogens is 198 g/mol. The van der Waals surface area contributed by atoms with Crippen LogP contribution < -0.4 is 5.32 Å². The zero-order valence-corrected chi connectivity index (χ0v) is 9.40. The first kappa shape index (κ1) is 9.58. The summed E-state index contributed by atoms with van der Waals surface area (Å²) in [7, 11) is 0. The SMILES string of the molecule is CC1(Nc2ncc3ccccc3n2)CCC1. The van der Waals surface area contributed by atoms with Crippen LogP contribution in [-0.4, -0.2) is 15.5 Å². The van der Waals surface area contributed by atoms with Crippen molar-refractivity contribution in [3.05, 3.63) is 30.5 Å². The van der Waals surface area contributed by atoms with Crippen molar-refractivity contribution in [2.45, 2.75) is 31.7 Å². The highest BCUT2D eigenvalue weighted by Gasteiger charge is 2.32. The van der Waals surface area contributed by atoms with Gasteiger partial charge < -0.3 is 5.32 Å². The highest BCUT2D eigenvalue weighted by atomic mass is 15.1.